The summed E-state index contributed by atoms with van der Waals surface area (Å²) in [5.41, 5.74) is 2.58. The molecule has 2 atom stereocenters. The molecule has 2 unspecified atom stereocenters. The van der Waals surface area contributed by atoms with Crippen molar-refractivity contribution in [2.45, 2.75) is 76.9 Å². The molecule has 3 fully saturated rings. The van der Waals surface area contributed by atoms with Gasteiger partial charge in [-0.25, -0.2) is 0 Å². The molecule has 2 aliphatic carbocycles. The van der Waals surface area contributed by atoms with Crippen molar-refractivity contribution < 1.29 is 4.79 Å². The number of hydrogen-bond acceptors (Lipinski definition) is 3. The zero-order valence-corrected chi connectivity index (χ0v) is 21.9. The third kappa shape index (κ3) is 7.25. The molecule has 32 heavy (non-hydrogen) atoms. The molecule has 0 spiro atoms. The molecule has 6 nitrogen and oxygen atoms in total. The zero-order chi connectivity index (χ0) is 21.6. The average Bonchev–Trinajstić information content (AvgIpc) is 3.62. The molecule has 1 aromatic rings. The van der Waals surface area contributed by atoms with E-state index in [2.05, 4.69) is 57.0 Å². The second kappa shape index (κ2) is 12.1. The standard InChI is InChI=1S/C25H39N5O.HI/c1-18-12-14-30(15-13-18)23-10-6-19(7-11-23)17-27-25(26-2)29-22-5-3-4-20(16-22)24(31)28-21-8-9-21;/h6-7,10-11,18,20-22H,3-5,8-9,12-17H2,1-2H3,(H,28,31)(H2,26,27,29);1H. The molecule has 0 bridgehead atoms. The van der Waals surface area contributed by atoms with E-state index in [9.17, 15) is 4.79 Å². The lowest BCUT2D eigenvalue weighted by molar-refractivity contribution is -0.126. The minimum absolute atomic E-state index is 0. The first-order valence-corrected chi connectivity index (χ1v) is 12.2. The van der Waals surface area contributed by atoms with Gasteiger partial charge in [-0.15, -0.1) is 24.0 Å². The van der Waals surface area contributed by atoms with Gasteiger partial charge in [-0.1, -0.05) is 25.5 Å². The fourth-order valence-corrected chi connectivity index (χ4v) is 4.77. The molecule has 1 aromatic carbocycles. The SMILES string of the molecule is CN=C(NCc1ccc(N2CCC(C)CC2)cc1)NC1CCCC(C(=O)NC2CC2)C1.I. The lowest BCUT2D eigenvalue weighted by Crippen LogP contribution is -2.47. The van der Waals surface area contributed by atoms with E-state index in [1.165, 1.54) is 24.1 Å². The Morgan fingerprint density at radius 1 is 1.00 bits per heavy atom. The minimum atomic E-state index is 0. The average molecular weight is 554 g/mol. The van der Waals surface area contributed by atoms with Crippen LogP contribution in [0.15, 0.2) is 29.3 Å². The molecule has 1 amide bonds. The van der Waals surface area contributed by atoms with E-state index in [4.69, 9.17) is 0 Å². The Bertz CT molecular complexity index is 756. The number of carbonyl (C=O) groups is 1. The van der Waals surface area contributed by atoms with Crippen LogP contribution in [0.3, 0.4) is 0 Å². The first-order valence-electron chi connectivity index (χ1n) is 12.2. The number of halogens is 1. The number of nitrogens with one attached hydrogen (secondary N) is 3. The maximum Gasteiger partial charge on any atom is 0.223 e. The van der Waals surface area contributed by atoms with Crippen LogP contribution in [0.2, 0.25) is 0 Å². The number of benzene rings is 1. The Labute approximate surface area is 210 Å². The van der Waals surface area contributed by atoms with E-state index in [0.29, 0.717) is 12.1 Å². The van der Waals surface area contributed by atoms with Gasteiger partial charge < -0.3 is 20.9 Å². The number of carbonyl (C=O) groups excluding carboxylic acids is 1. The third-order valence-electron chi connectivity index (χ3n) is 7.08. The highest BCUT2D eigenvalue weighted by atomic mass is 127. The van der Waals surface area contributed by atoms with E-state index in [1.54, 1.807) is 0 Å². The first kappa shape index (κ1) is 25.1. The van der Waals surface area contributed by atoms with Gasteiger partial charge in [-0.3, -0.25) is 9.79 Å². The molecule has 7 heteroatoms. The third-order valence-corrected chi connectivity index (χ3v) is 7.08. The Balaban J connectivity index is 0.00000289. The van der Waals surface area contributed by atoms with Crippen molar-refractivity contribution in [1.29, 1.82) is 0 Å². The summed E-state index contributed by atoms with van der Waals surface area (Å²) in [6.07, 6.45) is 8.95. The lowest BCUT2D eigenvalue weighted by Gasteiger charge is -2.32. The largest absolute Gasteiger partial charge is 0.372 e. The van der Waals surface area contributed by atoms with Crippen molar-refractivity contribution in [3.8, 4) is 0 Å². The van der Waals surface area contributed by atoms with Crippen molar-refractivity contribution >= 4 is 41.5 Å². The fourth-order valence-electron chi connectivity index (χ4n) is 4.77. The molecular formula is C25H40IN5O. The number of aliphatic imine (C=N–C) groups is 1. The van der Waals surface area contributed by atoms with Crippen LogP contribution >= 0.6 is 24.0 Å². The number of nitrogens with zero attached hydrogens (tertiary/aromatic N) is 2. The Morgan fingerprint density at radius 2 is 1.72 bits per heavy atom. The Morgan fingerprint density at radius 3 is 2.38 bits per heavy atom. The van der Waals surface area contributed by atoms with Gasteiger partial charge in [-0.05, 0) is 68.6 Å². The smallest absolute Gasteiger partial charge is 0.223 e. The second-order valence-electron chi connectivity index (χ2n) is 9.75. The number of rotatable bonds is 6. The summed E-state index contributed by atoms with van der Waals surface area (Å²) in [4.78, 5) is 19.3. The van der Waals surface area contributed by atoms with Gasteiger partial charge in [0.25, 0.3) is 0 Å². The highest BCUT2D eigenvalue weighted by Gasteiger charge is 2.31. The van der Waals surface area contributed by atoms with Crippen LogP contribution in [0.25, 0.3) is 0 Å². The van der Waals surface area contributed by atoms with Gasteiger partial charge in [0.2, 0.25) is 5.91 Å². The molecule has 1 saturated heterocycles. The van der Waals surface area contributed by atoms with E-state index in [-0.39, 0.29) is 35.8 Å². The van der Waals surface area contributed by atoms with Crippen molar-refractivity contribution in [2.24, 2.45) is 16.8 Å². The summed E-state index contributed by atoms with van der Waals surface area (Å²) < 4.78 is 0. The summed E-state index contributed by atoms with van der Waals surface area (Å²) >= 11 is 0. The summed E-state index contributed by atoms with van der Waals surface area (Å²) in [6, 6.07) is 9.67. The Hall–Kier alpha value is -1.51. The van der Waals surface area contributed by atoms with Crippen LogP contribution in [0.4, 0.5) is 5.69 Å². The van der Waals surface area contributed by atoms with Gasteiger partial charge in [0.1, 0.15) is 0 Å². The molecule has 1 aliphatic heterocycles. The van der Waals surface area contributed by atoms with Crippen LogP contribution in [-0.4, -0.2) is 44.1 Å². The monoisotopic (exact) mass is 553 g/mol. The van der Waals surface area contributed by atoms with Gasteiger partial charge in [0, 0.05) is 50.4 Å². The quantitative estimate of drug-likeness (QED) is 0.283. The number of amides is 1. The number of guanidine groups is 1. The normalized spacial score (nSPS) is 24.4. The van der Waals surface area contributed by atoms with E-state index in [0.717, 1.165) is 70.0 Å². The fraction of sp³-hybridized carbons (Fsp3) is 0.680. The lowest BCUT2D eigenvalue weighted by atomic mass is 9.85. The van der Waals surface area contributed by atoms with Crippen LogP contribution in [0, 0.1) is 11.8 Å². The van der Waals surface area contributed by atoms with Crippen molar-refractivity contribution in [1.82, 2.24) is 16.0 Å². The zero-order valence-electron chi connectivity index (χ0n) is 19.6. The maximum atomic E-state index is 12.4. The minimum Gasteiger partial charge on any atom is -0.372 e. The highest BCUT2D eigenvalue weighted by Crippen LogP contribution is 2.27. The van der Waals surface area contributed by atoms with Crippen molar-refractivity contribution in [2.75, 3.05) is 25.0 Å². The van der Waals surface area contributed by atoms with Crippen LogP contribution in [0.1, 0.15) is 63.9 Å². The van der Waals surface area contributed by atoms with E-state index >= 15 is 0 Å². The molecule has 178 valence electrons. The molecule has 3 N–H and O–H groups in total. The molecule has 0 radical (unpaired) electrons. The number of piperidine rings is 1. The van der Waals surface area contributed by atoms with E-state index in [1.807, 2.05) is 7.05 Å². The predicted octanol–water partition coefficient (Wildman–Crippen LogP) is 4.04. The summed E-state index contributed by atoms with van der Waals surface area (Å²) in [5, 5.41) is 10.2. The summed E-state index contributed by atoms with van der Waals surface area (Å²) in [5.74, 6) is 2.06. The first-order chi connectivity index (χ1) is 15.1. The van der Waals surface area contributed by atoms with Crippen molar-refractivity contribution in [3.05, 3.63) is 29.8 Å². The predicted molar refractivity (Wildman–Crippen MR) is 143 cm³/mol. The van der Waals surface area contributed by atoms with Gasteiger partial charge in [0.15, 0.2) is 5.96 Å². The summed E-state index contributed by atoms with van der Waals surface area (Å²) in [7, 11) is 1.82. The second-order valence-corrected chi connectivity index (χ2v) is 9.75. The molecule has 4 rings (SSSR count). The van der Waals surface area contributed by atoms with Crippen molar-refractivity contribution in [3.63, 3.8) is 0 Å². The summed E-state index contributed by atoms with van der Waals surface area (Å²) in [6.45, 7) is 5.42. The van der Waals surface area contributed by atoms with Gasteiger partial charge in [-0.2, -0.15) is 0 Å². The molecule has 3 aliphatic rings. The van der Waals surface area contributed by atoms with Crippen LogP contribution in [-0.2, 0) is 11.3 Å². The molecule has 2 saturated carbocycles. The van der Waals surface area contributed by atoms with Gasteiger partial charge in [0.05, 0.1) is 0 Å². The van der Waals surface area contributed by atoms with Crippen LogP contribution in [0.5, 0.6) is 0 Å². The Kier molecular flexibility index (Phi) is 9.49. The van der Waals surface area contributed by atoms with Crippen LogP contribution < -0.4 is 20.9 Å². The number of anilines is 1. The van der Waals surface area contributed by atoms with Gasteiger partial charge >= 0.3 is 0 Å². The van der Waals surface area contributed by atoms with E-state index < -0.39 is 0 Å². The number of hydrogen-bond donors (Lipinski definition) is 3. The maximum absolute atomic E-state index is 12.4. The highest BCUT2D eigenvalue weighted by molar-refractivity contribution is 14.0. The molecule has 0 aromatic heterocycles. The molecule has 1 heterocycles. The molecular weight excluding hydrogens is 513 g/mol. The topological polar surface area (TPSA) is 68.8 Å².